The summed E-state index contributed by atoms with van der Waals surface area (Å²) in [4.78, 5) is 10.6. The van der Waals surface area contributed by atoms with Crippen molar-refractivity contribution in [1.82, 2.24) is 10.6 Å². The maximum absolute atomic E-state index is 10.6. The smallest absolute Gasteiger partial charge is 0.216 e. The van der Waals surface area contributed by atoms with E-state index in [9.17, 15) is 4.79 Å². The molecule has 1 fully saturated rings. The molecule has 0 aliphatic carbocycles. The number of amides is 1. The highest BCUT2D eigenvalue weighted by Gasteiger charge is 2.10. The standard InChI is InChI=1S/C10H20N2O/c1-9(13)12-8-5-10-3-2-6-11-7-4-10/h10-11H,2-8H2,1H3,(H,12,13). The molecule has 0 aromatic carbocycles. The van der Waals surface area contributed by atoms with Crippen molar-refractivity contribution in [3.05, 3.63) is 0 Å². The number of hydrogen-bond donors (Lipinski definition) is 2. The Kier molecular flexibility index (Phi) is 4.83. The van der Waals surface area contributed by atoms with Gasteiger partial charge in [-0.15, -0.1) is 0 Å². The molecule has 0 aromatic rings. The first-order valence-electron chi connectivity index (χ1n) is 5.24. The summed E-state index contributed by atoms with van der Waals surface area (Å²) >= 11 is 0. The van der Waals surface area contributed by atoms with Crippen molar-refractivity contribution in [2.24, 2.45) is 5.92 Å². The molecule has 1 atom stereocenters. The Labute approximate surface area is 80.3 Å². The van der Waals surface area contributed by atoms with Crippen LogP contribution < -0.4 is 10.6 Å². The molecule has 0 saturated carbocycles. The molecule has 1 rings (SSSR count). The van der Waals surface area contributed by atoms with Crippen LogP contribution in [0.3, 0.4) is 0 Å². The quantitative estimate of drug-likeness (QED) is 0.684. The van der Waals surface area contributed by atoms with Crippen LogP contribution in [0, 0.1) is 5.92 Å². The number of carbonyl (C=O) groups is 1. The van der Waals surface area contributed by atoms with Crippen molar-refractivity contribution in [2.75, 3.05) is 19.6 Å². The van der Waals surface area contributed by atoms with Crippen molar-refractivity contribution >= 4 is 5.91 Å². The molecule has 1 unspecified atom stereocenters. The molecule has 0 aromatic heterocycles. The number of rotatable bonds is 3. The van der Waals surface area contributed by atoms with E-state index >= 15 is 0 Å². The fraction of sp³-hybridized carbons (Fsp3) is 0.900. The zero-order chi connectivity index (χ0) is 9.52. The maximum atomic E-state index is 10.6. The van der Waals surface area contributed by atoms with Gasteiger partial charge in [-0.05, 0) is 44.7 Å². The van der Waals surface area contributed by atoms with Gasteiger partial charge in [-0.3, -0.25) is 4.79 Å². The monoisotopic (exact) mass is 184 g/mol. The van der Waals surface area contributed by atoms with E-state index in [1.165, 1.54) is 19.3 Å². The Hall–Kier alpha value is -0.570. The van der Waals surface area contributed by atoms with Gasteiger partial charge in [0.25, 0.3) is 0 Å². The fourth-order valence-electron chi connectivity index (χ4n) is 1.83. The van der Waals surface area contributed by atoms with Gasteiger partial charge in [-0.25, -0.2) is 0 Å². The van der Waals surface area contributed by atoms with Crippen LogP contribution >= 0.6 is 0 Å². The summed E-state index contributed by atoms with van der Waals surface area (Å²) in [5, 5.41) is 6.24. The largest absolute Gasteiger partial charge is 0.356 e. The van der Waals surface area contributed by atoms with Crippen LogP contribution in [0.25, 0.3) is 0 Å². The SMILES string of the molecule is CC(=O)NCCC1CCCNCC1. The lowest BCUT2D eigenvalue weighted by atomic mass is 9.97. The predicted octanol–water partition coefficient (Wildman–Crippen LogP) is 0.902. The Morgan fingerprint density at radius 2 is 2.31 bits per heavy atom. The molecule has 3 heteroatoms. The van der Waals surface area contributed by atoms with Crippen LogP contribution in [-0.4, -0.2) is 25.5 Å². The summed E-state index contributed by atoms with van der Waals surface area (Å²) in [7, 11) is 0. The Morgan fingerprint density at radius 1 is 1.46 bits per heavy atom. The third kappa shape index (κ3) is 4.88. The van der Waals surface area contributed by atoms with Crippen LogP contribution in [0.1, 0.15) is 32.6 Å². The van der Waals surface area contributed by atoms with Gasteiger partial charge in [0, 0.05) is 13.5 Å². The van der Waals surface area contributed by atoms with Crippen LogP contribution in [0.2, 0.25) is 0 Å². The minimum Gasteiger partial charge on any atom is -0.356 e. The second-order valence-electron chi connectivity index (χ2n) is 3.82. The summed E-state index contributed by atoms with van der Waals surface area (Å²) in [6, 6.07) is 0. The molecule has 1 saturated heterocycles. The van der Waals surface area contributed by atoms with Gasteiger partial charge in [0.05, 0.1) is 0 Å². The minimum atomic E-state index is 0.0896. The molecule has 76 valence electrons. The van der Waals surface area contributed by atoms with Crippen LogP contribution in [-0.2, 0) is 4.79 Å². The van der Waals surface area contributed by atoms with Crippen molar-refractivity contribution in [1.29, 1.82) is 0 Å². The van der Waals surface area contributed by atoms with Gasteiger partial charge in [0.1, 0.15) is 0 Å². The van der Waals surface area contributed by atoms with Gasteiger partial charge in [-0.1, -0.05) is 0 Å². The first-order chi connectivity index (χ1) is 6.29. The van der Waals surface area contributed by atoms with Gasteiger partial charge in [-0.2, -0.15) is 0 Å². The highest BCUT2D eigenvalue weighted by Crippen LogP contribution is 2.16. The van der Waals surface area contributed by atoms with Crippen LogP contribution in [0.15, 0.2) is 0 Å². The van der Waals surface area contributed by atoms with Crippen molar-refractivity contribution < 1.29 is 4.79 Å². The summed E-state index contributed by atoms with van der Waals surface area (Å²) in [6.07, 6.45) is 5.00. The normalized spacial score (nSPS) is 23.6. The highest BCUT2D eigenvalue weighted by molar-refractivity contribution is 5.72. The van der Waals surface area contributed by atoms with E-state index in [1.54, 1.807) is 6.92 Å². The molecule has 0 bridgehead atoms. The van der Waals surface area contributed by atoms with Crippen molar-refractivity contribution in [3.63, 3.8) is 0 Å². The molecule has 0 spiro atoms. The average molecular weight is 184 g/mol. The second-order valence-corrected chi connectivity index (χ2v) is 3.82. The van der Waals surface area contributed by atoms with Crippen LogP contribution in [0.4, 0.5) is 0 Å². The van der Waals surface area contributed by atoms with E-state index in [2.05, 4.69) is 10.6 Å². The van der Waals surface area contributed by atoms with Crippen molar-refractivity contribution in [3.8, 4) is 0 Å². The third-order valence-electron chi connectivity index (χ3n) is 2.62. The molecule has 2 N–H and O–H groups in total. The maximum Gasteiger partial charge on any atom is 0.216 e. The van der Waals surface area contributed by atoms with E-state index in [0.29, 0.717) is 0 Å². The summed E-state index contributed by atoms with van der Waals surface area (Å²) in [5.74, 6) is 0.897. The molecule has 1 aliphatic rings. The lowest BCUT2D eigenvalue weighted by Gasteiger charge is -2.12. The van der Waals surface area contributed by atoms with Crippen LogP contribution in [0.5, 0.6) is 0 Å². The van der Waals surface area contributed by atoms with Gasteiger partial charge < -0.3 is 10.6 Å². The van der Waals surface area contributed by atoms with E-state index in [0.717, 1.165) is 32.0 Å². The number of hydrogen-bond acceptors (Lipinski definition) is 2. The Bertz CT molecular complexity index is 151. The predicted molar refractivity (Wildman–Crippen MR) is 53.5 cm³/mol. The zero-order valence-corrected chi connectivity index (χ0v) is 8.44. The third-order valence-corrected chi connectivity index (χ3v) is 2.62. The average Bonchev–Trinajstić information content (AvgIpc) is 2.32. The van der Waals surface area contributed by atoms with Gasteiger partial charge >= 0.3 is 0 Å². The van der Waals surface area contributed by atoms with E-state index in [-0.39, 0.29) is 5.91 Å². The number of nitrogens with one attached hydrogen (secondary N) is 2. The molecule has 3 nitrogen and oxygen atoms in total. The molecule has 1 aliphatic heterocycles. The lowest BCUT2D eigenvalue weighted by Crippen LogP contribution is -2.23. The summed E-state index contributed by atoms with van der Waals surface area (Å²) < 4.78 is 0. The molecule has 1 heterocycles. The van der Waals surface area contributed by atoms with Gasteiger partial charge in [0.15, 0.2) is 0 Å². The molecular formula is C10H20N2O. The van der Waals surface area contributed by atoms with Gasteiger partial charge in [0.2, 0.25) is 5.91 Å². The minimum absolute atomic E-state index is 0.0896. The Balaban J connectivity index is 2.08. The fourth-order valence-corrected chi connectivity index (χ4v) is 1.83. The second kappa shape index (κ2) is 5.97. The molecule has 1 amide bonds. The van der Waals surface area contributed by atoms with E-state index in [4.69, 9.17) is 0 Å². The van der Waals surface area contributed by atoms with E-state index < -0.39 is 0 Å². The highest BCUT2D eigenvalue weighted by atomic mass is 16.1. The number of carbonyl (C=O) groups excluding carboxylic acids is 1. The first kappa shape index (κ1) is 10.5. The molecular weight excluding hydrogens is 164 g/mol. The molecule has 13 heavy (non-hydrogen) atoms. The Morgan fingerprint density at radius 3 is 3.08 bits per heavy atom. The zero-order valence-electron chi connectivity index (χ0n) is 8.44. The first-order valence-corrected chi connectivity index (χ1v) is 5.24. The van der Waals surface area contributed by atoms with E-state index in [1.807, 2.05) is 0 Å². The van der Waals surface area contributed by atoms with Crippen molar-refractivity contribution in [2.45, 2.75) is 32.6 Å². The molecule has 0 radical (unpaired) electrons. The summed E-state index contributed by atoms with van der Waals surface area (Å²) in [6.45, 7) is 4.73. The summed E-state index contributed by atoms with van der Waals surface area (Å²) in [5.41, 5.74) is 0. The lowest BCUT2D eigenvalue weighted by molar-refractivity contribution is -0.119. The topological polar surface area (TPSA) is 41.1 Å².